The van der Waals surface area contributed by atoms with Crippen LogP contribution in [0.3, 0.4) is 0 Å². The predicted molar refractivity (Wildman–Crippen MR) is 105 cm³/mol. The average Bonchev–Trinajstić information content (AvgIpc) is 3.05. The standard InChI is InChI=1S/C20H18N2OS2/c1-2-13-7-9-14(10-8-13)11-18(23)21-20-22-19-15-5-3-4-6-16(15)24-12-17(19)25-20/h3-10H,2,11-12H2,1H3,(H,21,22,23). The van der Waals surface area contributed by atoms with Crippen molar-refractivity contribution in [3.8, 4) is 11.3 Å². The van der Waals surface area contributed by atoms with Crippen LogP contribution in [0.5, 0.6) is 0 Å². The molecule has 3 aromatic rings. The van der Waals surface area contributed by atoms with Crippen LogP contribution >= 0.6 is 23.1 Å². The molecule has 0 radical (unpaired) electrons. The van der Waals surface area contributed by atoms with Crippen LogP contribution in [0.4, 0.5) is 5.13 Å². The molecule has 5 heteroatoms. The van der Waals surface area contributed by atoms with Crippen molar-refractivity contribution >= 4 is 34.1 Å². The van der Waals surface area contributed by atoms with Crippen molar-refractivity contribution < 1.29 is 4.79 Å². The first-order valence-electron chi connectivity index (χ1n) is 8.32. The Hall–Kier alpha value is -2.11. The maximum Gasteiger partial charge on any atom is 0.230 e. The number of rotatable bonds is 4. The van der Waals surface area contributed by atoms with Gasteiger partial charge in [0.25, 0.3) is 0 Å². The van der Waals surface area contributed by atoms with E-state index >= 15 is 0 Å². The maximum atomic E-state index is 12.3. The number of aromatic nitrogens is 1. The van der Waals surface area contributed by atoms with Crippen LogP contribution in [-0.2, 0) is 23.4 Å². The Labute approximate surface area is 155 Å². The molecule has 1 amide bonds. The summed E-state index contributed by atoms with van der Waals surface area (Å²) in [6, 6.07) is 16.5. The van der Waals surface area contributed by atoms with Crippen LogP contribution in [0.15, 0.2) is 53.4 Å². The van der Waals surface area contributed by atoms with Gasteiger partial charge in [0.2, 0.25) is 5.91 Å². The van der Waals surface area contributed by atoms with Crippen molar-refractivity contribution in [3.05, 3.63) is 64.5 Å². The highest BCUT2D eigenvalue weighted by molar-refractivity contribution is 7.98. The van der Waals surface area contributed by atoms with Gasteiger partial charge in [-0.3, -0.25) is 4.79 Å². The summed E-state index contributed by atoms with van der Waals surface area (Å²) < 4.78 is 0. The summed E-state index contributed by atoms with van der Waals surface area (Å²) in [5.41, 5.74) is 4.49. The molecule has 2 aromatic carbocycles. The van der Waals surface area contributed by atoms with Crippen molar-refractivity contribution in [1.82, 2.24) is 4.98 Å². The molecule has 0 saturated carbocycles. The molecule has 1 N–H and O–H groups in total. The van der Waals surface area contributed by atoms with Gasteiger partial charge in [-0.15, -0.1) is 23.1 Å². The van der Waals surface area contributed by atoms with Gasteiger partial charge in [-0.05, 0) is 23.6 Å². The molecule has 0 bridgehead atoms. The molecule has 4 rings (SSSR count). The van der Waals surface area contributed by atoms with Crippen LogP contribution in [0.25, 0.3) is 11.3 Å². The lowest BCUT2D eigenvalue weighted by molar-refractivity contribution is -0.115. The number of anilines is 1. The third-order valence-electron chi connectivity index (χ3n) is 4.24. The number of nitrogens with zero attached hydrogens (tertiary/aromatic N) is 1. The minimum atomic E-state index is -0.0173. The summed E-state index contributed by atoms with van der Waals surface area (Å²) in [5.74, 6) is 0.898. The Bertz CT molecular complexity index is 916. The first kappa shape index (κ1) is 16.4. The number of nitrogens with one attached hydrogen (secondary N) is 1. The lowest BCUT2D eigenvalue weighted by atomic mass is 10.1. The average molecular weight is 367 g/mol. The molecule has 0 unspecified atom stereocenters. The van der Waals surface area contributed by atoms with E-state index in [0.717, 1.165) is 23.4 Å². The van der Waals surface area contributed by atoms with Crippen LogP contribution in [0.2, 0.25) is 0 Å². The summed E-state index contributed by atoms with van der Waals surface area (Å²) >= 11 is 3.41. The molecule has 0 saturated heterocycles. The zero-order valence-corrected chi connectivity index (χ0v) is 15.5. The van der Waals surface area contributed by atoms with E-state index in [2.05, 4.69) is 47.6 Å². The van der Waals surface area contributed by atoms with E-state index in [-0.39, 0.29) is 5.91 Å². The van der Waals surface area contributed by atoms with Crippen molar-refractivity contribution in [2.45, 2.75) is 30.4 Å². The lowest BCUT2D eigenvalue weighted by Gasteiger charge is -2.13. The Balaban J connectivity index is 1.48. The third kappa shape index (κ3) is 3.48. The van der Waals surface area contributed by atoms with Crippen LogP contribution in [0, 0.1) is 0 Å². The van der Waals surface area contributed by atoms with Crippen LogP contribution < -0.4 is 5.32 Å². The van der Waals surface area contributed by atoms with Gasteiger partial charge in [0.1, 0.15) is 0 Å². The molecule has 0 aliphatic carbocycles. The molecule has 1 aliphatic rings. The molecule has 0 atom stereocenters. The normalized spacial score (nSPS) is 12.4. The zero-order valence-electron chi connectivity index (χ0n) is 13.9. The molecule has 126 valence electrons. The molecule has 1 aromatic heterocycles. The maximum absolute atomic E-state index is 12.3. The van der Waals surface area contributed by atoms with Gasteiger partial charge >= 0.3 is 0 Å². The van der Waals surface area contributed by atoms with Crippen molar-refractivity contribution in [2.75, 3.05) is 5.32 Å². The first-order chi connectivity index (χ1) is 12.2. The van der Waals surface area contributed by atoms with E-state index in [1.165, 1.54) is 20.9 Å². The summed E-state index contributed by atoms with van der Waals surface area (Å²) in [6.07, 6.45) is 1.39. The fourth-order valence-corrected chi connectivity index (χ4v) is 5.00. The quantitative estimate of drug-likeness (QED) is 0.693. The number of thioether (sulfide) groups is 1. The monoisotopic (exact) mass is 366 g/mol. The predicted octanol–water partition coefficient (Wildman–Crippen LogP) is 5.16. The SMILES string of the molecule is CCc1ccc(CC(=O)Nc2nc3c(s2)CSc2ccccc2-3)cc1. The molecule has 25 heavy (non-hydrogen) atoms. The number of carbonyl (C=O) groups is 1. The Morgan fingerprint density at radius 3 is 2.68 bits per heavy atom. The smallest absolute Gasteiger partial charge is 0.230 e. The molecule has 0 spiro atoms. The number of hydrogen-bond donors (Lipinski definition) is 1. The highest BCUT2D eigenvalue weighted by atomic mass is 32.2. The number of amides is 1. The second-order valence-corrected chi connectivity index (χ2v) is 8.07. The van der Waals surface area contributed by atoms with E-state index in [4.69, 9.17) is 0 Å². The Morgan fingerprint density at radius 1 is 1.12 bits per heavy atom. The van der Waals surface area contributed by atoms with E-state index in [0.29, 0.717) is 11.6 Å². The highest BCUT2D eigenvalue weighted by Gasteiger charge is 2.21. The fourth-order valence-electron chi connectivity index (χ4n) is 2.89. The molecular formula is C20H18N2OS2. The second-order valence-electron chi connectivity index (χ2n) is 5.97. The van der Waals surface area contributed by atoms with Gasteiger partial charge in [0, 0.05) is 21.1 Å². The Morgan fingerprint density at radius 2 is 1.88 bits per heavy atom. The topological polar surface area (TPSA) is 42.0 Å². The number of aryl methyl sites for hydroxylation is 1. The van der Waals surface area contributed by atoms with E-state index in [9.17, 15) is 4.79 Å². The number of hydrogen-bond acceptors (Lipinski definition) is 4. The van der Waals surface area contributed by atoms with Gasteiger partial charge in [-0.1, -0.05) is 49.4 Å². The van der Waals surface area contributed by atoms with Crippen LogP contribution in [-0.4, -0.2) is 10.9 Å². The van der Waals surface area contributed by atoms with Crippen molar-refractivity contribution in [1.29, 1.82) is 0 Å². The molecule has 1 aliphatic heterocycles. The minimum Gasteiger partial charge on any atom is -0.302 e. The van der Waals surface area contributed by atoms with Crippen molar-refractivity contribution in [2.24, 2.45) is 0 Å². The molecule has 2 heterocycles. The zero-order chi connectivity index (χ0) is 17.2. The van der Waals surface area contributed by atoms with E-state index < -0.39 is 0 Å². The highest BCUT2D eigenvalue weighted by Crippen LogP contribution is 2.44. The summed E-state index contributed by atoms with van der Waals surface area (Å²) in [5, 5.41) is 3.66. The summed E-state index contributed by atoms with van der Waals surface area (Å²) in [7, 11) is 0. The Kier molecular flexibility index (Phi) is 4.59. The lowest BCUT2D eigenvalue weighted by Crippen LogP contribution is -2.14. The van der Waals surface area contributed by atoms with Gasteiger partial charge < -0.3 is 5.32 Å². The molecule has 0 fully saturated rings. The van der Waals surface area contributed by atoms with Gasteiger partial charge in [-0.25, -0.2) is 4.98 Å². The van der Waals surface area contributed by atoms with Gasteiger partial charge in [-0.2, -0.15) is 0 Å². The number of fused-ring (bicyclic) bond motifs is 3. The number of carbonyl (C=O) groups excluding carboxylic acids is 1. The molecular weight excluding hydrogens is 348 g/mol. The number of thiazole rings is 1. The van der Waals surface area contributed by atoms with Gasteiger partial charge in [0.05, 0.1) is 12.1 Å². The summed E-state index contributed by atoms with van der Waals surface area (Å²) in [6.45, 7) is 2.13. The fraction of sp³-hybridized carbons (Fsp3) is 0.200. The molecule has 3 nitrogen and oxygen atoms in total. The largest absolute Gasteiger partial charge is 0.302 e. The minimum absolute atomic E-state index is 0.0173. The van der Waals surface area contributed by atoms with Crippen LogP contribution in [0.1, 0.15) is 22.9 Å². The third-order valence-corrected chi connectivity index (χ3v) is 6.49. The number of benzene rings is 2. The summed E-state index contributed by atoms with van der Waals surface area (Å²) in [4.78, 5) is 19.5. The van der Waals surface area contributed by atoms with E-state index in [1.807, 2.05) is 30.0 Å². The van der Waals surface area contributed by atoms with Crippen molar-refractivity contribution in [3.63, 3.8) is 0 Å². The first-order valence-corrected chi connectivity index (χ1v) is 10.1. The van der Waals surface area contributed by atoms with Gasteiger partial charge in [0.15, 0.2) is 5.13 Å². The second kappa shape index (κ2) is 7.02. The van der Waals surface area contributed by atoms with E-state index in [1.54, 1.807) is 11.3 Å².